The van der Waals surface area contributed by atoms with Gasteiger partial charge in [0.2, 0.25) is 5.91 Å². The predicted octanol–water partition coefficient (Wildman–Crippen LogP) is 16.0. The predicted molar refractivity (Wildman–Crippen MR) is 329 cm³/mol. The first-order valence-electron chi connectivity index (χ1n) is 32.7. The molecule has 458 valence electrons. The standard InChI is InChI=1S/C68H121NO10/c1-4-7-10-13-16-19-22-24-26-28-29-30-31-32-33-34-36-38-41-44-47-50-53-56-63(73)79-66-65(75)64(74)62(57-70)78-68(66)77-58-59(60(71)54-51-48-45-42-39-21-18-15-12-9-6-3)69-67(76)61(72)55-52-49-46-43-40-37-35-27-25-23-20-17-14-11-8-5-2/h7,10,16,19,24,26,29-30,32-33,51,54,59-62,64-66,68,70-72,74-75H,4-6,8-9,11-15,17-18,20-23,25,27-28,31,34-50,52-53,55-58H2,1-3H3,(H,69,76)/b10-7-,19-16-,26-24-,30-29-,33-32-,54-51+. The number of ether oxygens (including phenoxy) is 3. The fraction of sp³-hybridized carbons (Fsp3) is 0.794. The third-order valence-corrected chi connectivity index (χ3v) is 15.1. The average Bonchev–Trinajstić information content (AvgIpc) is 3.47. The van der Waals surface area contributed by atoms with E-state index in [1.54, 1.807) is 6.08 Å². The van der Waals surface area contributed by atoms with Crippen LogP contribution in [0.2, 0.25) is 0 Å². The lowest BCUT2D eigenvalue weighted by Gasteiger charge is -2.41. The normalized spacial score (nSPS) is 19.3. The first kappa shape index (κ1) is 74.1. The number of rotatable bonds is 55. The second-order valence-corrected chi connectivity index (χ2v) is 22.5. The second kappa shape index (κ2) is 55.6. The number of hydrogen-bond donors (Lipinski definition) is 6. The van der Waals surface area contributed by atoms with Crippen LogP contribution >= 0.6 is 0 Å². The lowest BCUT2D eigenvalue weighted by Crippen LogP contribution is -2.61. The Balaban J connectivity index is 2.62. The van der Waals surface area contributed by atoms with Crippen LogP contribution in [0, 0.1) is 0 Å². The molecule has 0 saturated carbocycles. The molecule has 6 N–H and O–H groups in total. The Morgan fingerprint density at radius 3 is 1.37 bits per heavy atom. The Morgan fingerprint density at radius 2 is 0.911 bits per heavy atom. The van der Waals surface area contributed by atoms with Crippen LogP contribution in [0.1, 0.15) is 284 Å². The van der Waals surface area contributed by atoms with Crippen molar-refractivity contribution in [2.24, 2.45) is 0 Å². The summed E-state index contributed by atoms with van der Waals surface area (Å²) in [7, 11) is 0. The Labute approximate surface area is 483 Å². The highest BCUT2D eigenvalue weighted by atomic mass is 16.7. The van der Waals surface area contributed by atoms with E-state index in [0.29, 0.717) is 19.3 Å². The summed E-state index contributed by atoms with van der Waals surface area (Å²) in [5.74, 6) is -1.20. The van der Waals surface area contributed by atoms with Crippen LogP contribution in [0.3, 0.4) is 0 Å². The summed E-state index contributed by atoms with van der Waals surface area (Å²) in [5.41, 5.74) is 0. The molecule has 1 heterocycles. The average molecular weight is 1110 g/mol. The van der Waals surface area contributed by atoms with Gasteiger partial charge >= 0.3 is 5.97 Å². The Kier molecular flexibility index (Phi) is 52.2. The molecule has 0 bridgehead atoms. The van der Waals surface area contributed by atoms with Gasteiger partial charge in [-0.25, -0.2) is 0 Å². The van der Waals surface area contributed by atoms with Crippen molar-refractivity contribution in [3.05, 3.63) is 72.9 Å². The summed E-state index contributed by atoms with van der Waals surface area (Å²) >= 11 is 0. The summed E-state index contributed by atoms with van der Waals surface area (Å²) in [6.45, 7) is 5.68. The zero-order valence-electron chi connectivity index (χ0n) is 50.7. The van der Waals surface area contributed by atoms with Crippen LogP contribution in [0.15, 0.2) is 72.9 Å². The van der Waals surface area contributed by atoms with Crippen molar-refractivity contribution in [1.82, 2.24) is 5.32 Å². The molecule has 79 heavy (non-hydrogen) atoms. The molecule has 11 heteroatoms. The number of carbonyl (C=O) groups excluding carboxylic acids is 2. The van der Waals surface area contributed by atoms with E-state index in [1.165, 1.54) is 122 Å². The first-order chi connectivity index (χ1) is 38.7. The molecule has 0 aliphatic carbocycles. The Bertz CT molecular complexity index is 1560. The van der Waals surface area contributed by atoms with E-state index in [0.717, 1.165) is 116 Å². The minimum absolute atomic E-state index is 0.109. The van der Waals surface area contributed by atoms with Gasteiger partial charge in [-0.05, 0) is 70.6 Å². The largest absolute Gasteiger partial charge is 0.454 e. The summed E-state index contributed by atoms with van der Waals surface area (Å²) in [6, 6.07) is -1.03. The molecule has 1 rings (SSSR count). The molecule has 0 aromatic rings. The van der Waals surface area contributed by atoms with E-state index in [2.05, 4.69) is 86.8 Å². The molecule has 1 saturated heterocycles. The fourth-order valence-corrected chi connectivity index (χ4v) is 9.97. The minimum atomic E-state index is -1.62. The van der Waals surface area contributed by atoms with Crippen molar-refractivity contribution in [2.45, 2.75) is 333 Å². The van der Waals surface area contributed by atoms with E-state index in [9.17, 15) is 35.1 Å². The number of aliphatic hydroxyl groups excluding tert-OH is 5. The van der Waals surface area contributed by atoms with Gasteiger partial charge < -0.3 is 45.1 Å². The van der Waals surface area contributed by atoms with Crippen LogP contribution in [0.5, 0.6) is 0 Å². The Hall–Kier alpha value is -2.90. The lowest BCUT2D eigenvalue weighted by molar-refractivity contribution is -0.305. The van der Waals surface area contributed by atoms with Crippen LogP contribution in [0.4, 0.5) is 0 Å². The highest BCUT2D eigenvalue weighted by Crippen LogP contribution is 2.26. The fourth-order valence-electron chi connectivity index (χ4n) is 9.97. The summed E-state index contributed by atoms with van der Waals surface area (Å²) < 4.78 is 17.6. The maximum absolute atomic E-state index is 13.4. The molecule has 0 radical (unpaired) electrons. The Morgan fingerprint density at radius 1 is 0.506 bits per heavy atom. The zero-order chi connectivity index (χ0) is 57.5. The van der Waals surface area contributed by atoms with Crippen LogP contribution < -0.4 is 5.32 Å². The van der Waals surface area contributed by atoms with Crippen molar-refractivity contribution >= 4 is 11.9 Å². The van der Waals surface area contributed by atoms with E-state index in [-0.39, 0.29) is 13.0 Å². The minimum Gasteiger partial charge on any atom is -0.454 e. The van der Waals surface area contributed by atoms with Crippen LogP contribution in [-0.4, -0.2) is 99.6 Å². The quantitative estimate of drug-likeness (QED) is 0.0195. The highest BCUT2D eigenvalue weighted by Gasteiger charge is 2.47. The number of amides is 1. The van der Waals surface area contributed by atoms with Gasteiger partial charge in [-0.2, -0.15) is 0 Å². The number of allylic oxidation sites excluding steroid dienone is 11. The van der Waals surface area contributed by atoms with Crippen LogP contribution in [0.25, 0.3) is 0 Å². The SMILES string of the molecule is CC/C=C\C/C=C\C/C=C\C/C=C\C/C=C\CCCCCCCCCC(=O)OC1C(OCC(NC(=O)C(O)CCCCCCCCCCCCCCCCCC)C(O)/C=C/CCCCCCCCCCC)OC(CO)C(O)C1O. The van der Waals surface area contributed by atoms with Crippen molar-refractivity contribution in [3.8, 4) is 0 Å². The number of nitrogens with one attached hydrogen (secondary N) is 1. The van der Waals surface area contributed by atoms with E-state index < -0.39 is 67.4 Å². The molecule has 1 aliphatic heterocycles. The summed E-state index contributed by atoms with van der Waals surface area (Å²) in [4.78, 5) is 26.6. The van der Waals surface area contributed by atoms with Gasteiger partial charge in [-0.3, -0.25) is 9.59 Å². The van der Waals surface area contributed by atoms with Crippen molar-refractivity contribution in [3.63, 3.8) is 0 Å². The number of hydrogen-bond acceptors (Lipinski definition) is 10. The number of carbonyl (C=O) groups is 2. The number of unbranched alkanes of at least 4 members (excludes halogenated alkanes) is 31. The van der Waals surface area contributed by atoms with Gasteiger partial charge in [-0.15, -0.1) is 0 Å². The third kappa shape index (κ3) is 43.5. The van der Waals surface area contributed by atoms with Gasteiger partial charge in [0, 0.05) is 6.42 Å². The first-order valence-corrected chi connectivity index (χ1v) is 32.7. The van der Waals surface area contributed by atoms with Crippen molar-refractivity contribution in [2.75, 3.05) is 13.2 Å². The molecule has 8 unspecified atom stereocenters. The monoisotopic (exact) mass is 1110 g/mol. The van der Waals surface area contributed by atoms with E-state index >= 15 is 0 Å². The summed E-state index contributed by atoms with van der Waals surface area (Å²) in [5, 5.41) is 57.0. The van der Waals surface area contributed by atoms with Crippen molar-refractivity contribution < 1.29 is 49.3 Å². The molecule has 1 amide bonds. The smallest absolute Gasteiger partial charge is 0.306 e. The maximum Gasteiger partial charge on any atom is 0.306 e. The molecule has 1 fully saturated rings. The van der Waals surface area contributed by atoms with Gasteiger partial charge in [0.05, 0.1) is 25.4 Å². The topological polar surface area (TPSA) is 175 Å². The zero-order valence-corrected chi connectivity index (χ0v) is 50.7. The third-order valence-electron chi connectivity index (χ3n) is 15.1. The van der Waals surface area contributed by atoms with Crippen LogP contribution in [-0.2, 0) is 23.8 Å². The molecular weight excluding hydrogens is 991 g/mol. The highest BCUT2D eigenvalue weighted by molar-refractivity contribution is 5.80. The van der Waals surface area contributed by atoms with Gasteiger partial charge in [0.25, 0.3) is 0 Å². The van der Waals surface area contributed by atoms with Crippen molar-refractivity contribution in [1.29, 1.82) is 0 Å². The molecule has 1 aliphatic rings. The number of esters is 1. The molecule has 0 spiro atoms. The van der Waals surface area contributed by atoms with Gasteiger partial charge in [0.15, 0.2) is 12.4 Å². The lowest BCUT2D eigenvalue weighted by atomic mass is 9.99. The maximum atomic E-state index is 13.4. The van der Waals surface area contributed by atoms with Gasteiger partial charge in [-0.1, -0.05) is 280 Å². The molecule has 0 aromatic carbocycles. The van der Waals surface area contributed by atoms with E-state index in [4.69, 9.17) is 14.2 Å². The molecule has 0 aromatic heterocycles. The number of aliphatic hydroxyl groups is 5. The molecular formula is C68H121NO10. The summed E-state index contributed by atoms with van der Waals surface area (Å²) in [6.07, 6.45) is 60.8. The second-order valence-electron chi connectivity index (χ2n) is 22.5. The van der Waals surface area contributed by atoms with Gasteiger partial charge in [0.1, 0.15) is 24.4 Å². The molecule has 11 nitrogen and oxygen atoms in total. The molecule has 8 atom stereocenters. The van der Waals surface area contributed by atoms with E-state index in [1.807, 2.05) is 6.08 Å².